The third-order valence-electron chi connectivity index (χ3n) is 8.57. The molecular weight excluding hydrogens is 646 g/mol. The van der Waals surface area contributed by atoms with E-state index in [0.29, 0.717) is 0 Å². The summed E-state index contributed by atoms with van der Waals surface area (Å²) in [7, 11) is 0. The van der Waals surface area contributed by atoms with Crippen LogP contribution in [0.4, 0.5) is 0 Å². The van der Waals surface area contributed by atoms with Crippen LogP contribution in [0.5, 0.6) is 0 Å². The molecule has 1 amide bonds. The highest BCUT2D eigenvalue weighted by atomic mass is 16.8. The Labute approximate surface area is 267 Å². The topological polar surface area (TPSA) is 336 Å². The largest absolute Gasteiger partial charge is 0.394 e. The molecule has 0 aromatic heterocycles. The van der Waals surface area contributed by atoms with E-state index >= 15 is 0 Å². The third-order valence-corrected chi connectivity index (χ3v) is 8.57. The van der Waals surface area contributed by atoms with Gasteiger partial charge in [-0.15, -0.1) is 0 Å². The summed E-state index contributed by atoms with van der Waals surface area (Å²) in [5.41, 5.74) is 0. The average molecular weight is 692 g/mol. The normalized spacial score (nSPS) is 51.0. The van der Waals surface area contributed by atoms with Crippen LogP contribution in [-0.4, -0.2) is 210 Å². The fourth-order valence-electron chi connectivity index (χ4n) is 5.89. The molecular formula is C26H45NO20. The van der Waals surface area contributed by atoms with E-state index in [0.717, 1.165) is 6.92 Å². The van der Waals surface area contributed by atoms with Gasteiger partial charge < -0.3 is 99.8 Å². The number of aliphatic hydroxyl groups is 12. The summed E-state index contributed by atoms with van der Waals surface area (Å²) in [5.74, 6) is -0.724. The lowest BCUT2D eigenvalue weighted by molar-refractivity contribution is -0.379. The van der Waals surface area contributed by atoms with E-state index in [-0.39, 0.29) is 0 Å². The molecule has 4 rings (SSSR count). The number of carbonyl (C=O) groups excluding carboxylic acids is 1. The molecule has 0 bridgehead atoms. The van der Waals surface area contributed by atoms with Gasteiger partial charge in [0.2, 0.25) is 5.91 Å². The lowest BCUT2D eigenvalue weighted by Crippen LogP contribution is -2.69. The van der Waals surface area contributed by atoms with Gasteiger partial charge in [-0.1, -0.05) is 0 Å². The molecule has 0 aliphatic carbocycles. The number of carbonyl (C=O) groups is 1. The second-order valence-electron chi connectivity index (χ2n) is 11.9. The Hall–Kier alpha value is -1.29. The first-order chi connectivity index (χ1) is 22.1. The molecule has 4 aliphatic rings. The first-order valence-electron chi connectivity index (χ1n) is 15.0. The maximum absolute atomic E-state index is 12.1. The smallest absolute Gasteiger partial charge is 0.217 e. The van der Waals surface area contributed by atoms with Crippen LogP contribution in [0, 0.1) is 0 Å². The number of hydrogen-bond donors (Lipinski definition) is 13. The minimum absolute atomic E-state index is 0.724. The van der Waals surface area contributed by atoms with E-state index < -0.39 is 148 Å². The summed E-state index contributed by atoms with van der Waals surface area (Å²) < 4.78 is 38.8. The Bertz CT molecular complexity index is 1010. The van der Waals surface area contributed by atoms with Gasteiger partial charge in [-0.3, -0.25) is 4.79 Å². The Morgan fingerprint density at radius 1 is 0.553 bits per heavy atom. The molecule has 4 aliphatic heterocycles. The maximum Gasteiger partial charge on any atom is 0.217 e. The predicted octanol–water partition coefficient (Wildman–Crippen LogP) is -8.58. The minimum atomic E-state index is -2.00. The molecule has 47 heavy (non-hydrogen) atoms. The highest BCUT2D eigenvalue weighted by Crippen LogP contribution is 2.34. The van der Waals surface area contributed by atoms with Gasteiger partial charge in [0.25, 0.3) is 0 Å². The number of amides is 1. The van der Waals surface area contributed by atoms with Gasteiger partial charge in [0.1, 0.15) is 91.5 Å². The maximum atomic E-state index is 12.1. The second kappa shape index (κ2) is 16.2. The van der Waals surface area contributed by atoms with Crippen molar-refractivity contribution in [2.75, 3.05) is 19.8 Å². The zero-order valence-corrected chi connectivity index (χ0v) is 25.3. The molecule has 0 aromatic rings. The van der Waals surface area contributed by atoms with Crippen molar-refractivity contribution in [3.8, 4) is 0 Å². The van der Waals surface area contributed by atoms with Gasteiger partial charge >= 0.3 is 0 Å². The van der Waals surface area contributed by atoms with Crippen molar-refractivity contribution in [3.05, 3.63) is 0 Å². The van der Waals surface area contributed by atoms with Crippen molar-refractivity contribution in [2.45, 2.75) is 137 Å². The number of rotatable bonds is 10. The molecule has 4 fully saturated rings. The second-order valence-corrected chi connectivity index (χ2v) is 11.9. The van der Waals surface area contributed by atoms with Crippen LogP contribution in [0.25, 0.3) is 0 Å². The third kappa shape index (κ3) is 8.04. The van der Waals surface area contributed by atoms with Crippen molar-refractivity contribution < 1.29 is 99.2 Å². The summed E-state index contributed by atoms with van der Waals surface area (Å²) in [5, 5.41) is 126. The zero-order valence-electron chi connectivity index (χ0n) is 25.3. The molecule has 21 nitrogen and oxygen atoms in total. The molecule has 0 saturated carbocycles. The van der Waals surface area contributed by atoms with Crippen LogP contribution in [0.15, 0.2) is 0 Å². The van der Waals surface area contributed by atoms with Crippen LogP contribution in [0.2, 0.25) is 0 Å². The van der Waals surface area contributed by atoms with Gasteiger partial charge in [-0.25, -0.2) is 0 Å². The van der Waals surface area contributed by atoms with Crippen molar-refractivity contribution in [1.82, 2.24) is 5.32 Å². The number of nitrogens with one attached hydrogen (secondary N) is 1. The number of aliphatic hydroxyl groups excluding tert-OH is 12. The van der Waals surface area contributed by atoms with Crippen LogP contribution in [0.1, 0.15) is 13.8 Å². The monoisotopic (exact) mass is 691 g/mol. The zero-order chi connectivity index (χ0) is 34.9. The van der Waals surface area contributed by atoms with Crippen molar-refractivity contribution >= 4 is 5.91 Å². The first-order valence-corrected chi connectivity index (χ1v) is 15.0. The summed E-state index contributed by atoms with van der Waals surface area (Å²) in [4.78, 5) is 12.1. The molecule has 21 heteroatoms. The molecule has 0 radical (unpaired) electrons. The lowest BCUT2D eigenvalue weighted by Gasteiger charge is -2.49. The molecule has 0 aromatic carbocycles. The van der Waals surface area contributed by atoms with E-state index in [9.17, 15) is 66.1 Å². The van der Waals surface area contributed by atoms with Gasteiger partial charge in [0, 0.05) is 6.92 Å². The van der Waals surface area contributed by atoms with Gasteiger partial charge in [-0.2, -0.15) is 0 Å². The SMILES string of the molecule is CC(=O)N[C@H]1[C@H](O[C@H]2[C@@H](O)[C@@H](CO)O[C@@H](O[C@H]3[C@H](O)[C@@H](O)[C@@H](O)O[C@@H]3CO)[C@@H]2O)O[C@H](CO)[C@@H](O[C@@H]2O[C@@H](C)[C@@H](O)[C@@H](O)[C@@H]2O)[C@@H]1O. The predicted molar refractivity (Wildman–Crippen MR) is 144 cm³/mol. The van der Waals surface area contributed by atoms with E-state index in [4.69, 9.17) is 33.2 Å². The Morgan fingerprint density at radius 3 is 1.64 bits per heavy atom. The molecule has 274 valence electrons. The lowest BCUT2D eigenvalue weighted by atomic mass is 9.94. The van der Waals surface area contributed by atoms with Crippen molar-refractivity contribution in [1.29, 1.82) is 0 Å². The van der Waals surface area contributed by atoms with Gasteiger partial charge in [-0.05, 0) is 6.92 Å². The molecule has 0 spiro atoms. The Kier molecular flexibility index (Phi) is 13.2. The van der Waals surface area contributed by atoms with E-state index in [2.05, 4.69) is 5.32 Å². The van der Waals surface area contributed by atoms with Crippen molar-refractivity contribution in [3.63, 3.8) is 0 Å². The van der Waals surface area contributed by atoms with E-state index in [1.807, 2.05) is 0 Å². The molecule has 13 N–H and O–H groups in total. The van der Waals surface area contributed by atoms with Crippen molar-refractivity contribution in [2.24, 2.45) is 0 Å². The first kappa shape index (κ1) is 38.5. The summed E-state index contributed by atoms with van der Waals surface area (Å²) in [6.07, 6.45) is -32.0. The minimum Gasteiger partial charge on any atom is -0.394 e. The number of hydrogen-bond acceptors (Lipinski definition) is 20. The van der Waals surface area contributed by atoms with Crippen LogP contribution in [-0.2, 0) is 38.0 Å². The molecule has 4 heterocycles. The molecule has 20 atom stereocenters. The van der Waals surface area contributed by atoms with Gasteiger partial charge in [0.15, 0.2) is 25.2 Å². The highest BCUT2D eigenvalue weighted by molar-refractivity contribution is 5.73. The summed E-state index contributed by atoms with van der Waals surface area (Å²) >= 11 is 0. The highest BCUT2D eigenvalue weighted by Gasteiger charge is 2.55. The van der Waals surface area contributed by atoms with E-state index in [1.54, 1.807) is 0 Å². The standard InChI is InChI=1S/C26H45NO20/c1-6-12(32)15(35)18(38)25(41-6)45-20-10(5-30)44-24(11(14(20)34)27-7(2)31)47-22-13(33)8(3-28)43-26(19(22)39)46-21-9(4-29)42-23(40)17(37)16(21)36/h6,8-26,28-30,32-40H,3-5H2,1-2H3,(H,27,31)/t6-,8+,9+,10+,11+,12+,13-,14+,15+,16+,17+,18-,19+,20+,21+,22-,23-,24-,25-,26-/m0/s1. The van der Waals surface area contributed by atoms with Crippen LogP contribution in [0.3, 0.4) is 0 Å². The van der Waals surface area contributed by atoms with Gasteiger partial charge in [0.05, 0.1) is 25.9 Å². The molecule has 0 unspecified atom stereocenters. The van der Waals surface area contributed by atoms with E-state index in [1.165, 1.54) is 6.92 Å². The quantitative estimate of drug-likeness (QED) is 0.101. The van der Waals surface area contributed by atoms with Crippen LogP contribution >= 0.6 is 0 Å². The molecule has 4 saturated heterocycles. The average Bonchev–Trinajstić information content (AvgIpc) is 3.04. The van der Waals surface area contributed by atoms with Crippen LogP contribution < -0.4 is 5.32 Å². The number of ether oxygens (including phenoxy) is 7. The fourth-order valence-corrected chi connectivity index (χ4v) is 5.89. The Morgan fingerprint density at radius 2 is 1.06 bits per heavy atom. The Balaban J connectivity index is 1.56. The fraction of sp³-hybridized carbons (Fsp3) is 0.962. The summed E-state index contributed by atoms with van der Waals surface area (Å²) in [6.45, 7) is -0.0908. The summed E-state index contributed by atoms with van der Waals surface area (Å²) in [6, 6.07) is -1.56.